The molecule has 2 N–H and O–H groups in total. The number of ether oxygens (including phenoxy) is 3. The Labute approximate surface area is 156 Å². The third-order valence-electron chi connectivity index (χ3n) is 5.79. The summed E-state index contributed by atoms with van der Waals surface area (Å²) in [4.78, 5) is 8.47. The molecule has 0 radical (unpaired) electrons. The van der Waals surface area contributed by atoms with Crippen molar-refractivity contribution in [1.29, 1.82) is 0 Å². The van der Waals surface area contributed by atoms with Crippen molar-refractivity contribution >= 4 is 6.02 Å². The maximum absolute atomic E-state index is 14.2. The Bertz CT molecular complexity index is 934. The normalized spacial score (nSPS) is 31.5. The molecule has 3 aliphatic heterocycles. The summed E-state index contributed by atoms with van der Waals surface area (Å²) in [7, 11) is 0. The number of nitrogens with zero attached hydrogens (tertiary/aromatic N) is 2. The number of nitrogens with two attached hydrogens (primary N) is 1. The van der Waals surface area contributed by atoms with Crippen LogP contribution in [0.4, 0.5) is 4.39 Å². The van der Waals surface area contributed by atoms with Crippen molar-refractivity contribution in [3.63, 3.8) is 0 Å². The summed E-state index contributed by atoms with van der Waals surface area (Å²) in [6.45, 7) is 3.00. The fourth-order valence-corrected chi connectivity index (χ4v) is 4.62. The first kappa shape index (κ1) is 16.5. The van der Waals surface area contributed by atoms with Gasteiger partial charge in [0, 0.05) is 23.7 Å². The van der Waals surface area contributed by atoms with E-state index in [1.54, 1.807) is 12.1 Å². The van der Waals surface area contributed by atoms with Gasteiger partial charge in [0.1, 0.15) is 24.0 Å². The zero-order chi connectivity index (χ0) is 18.6. The average Bonchev–Trinajstić information content (AvgIpc) is 3.04. The van der Waals surface area contributed by atoms with Crippen LogP contribution in [0, 0.1) is 11.9 Å². The standard InChI is InChI=1S/C20H20FN3O3/c1-11-17-16(6-8-25-11)27-15-5-4-12(13-3-2-7-23-18(13)21)9-14(15)20(17)10-26-19(22)24-20/h2-5,7,9,11,16-17H,6,8,10H2,1H3,(H2,22,24)/t11-,16-,17-,20-/m0/s1. The van der Waals surface area contributed by atoms with Gasteiger partial charge in [-0.15, -0.1) is 0 Å². The zero-order valence-electron chi connectivity index (χ0n) is 14.9. The Morgan fingerprint density at radius 2 is 2.19 bits per heavy atom. The largest absolute Gasteiger partial charge is 0.489 e. The minimum absolute atomic E-state index is 0.0273. The highest BCUT2D eigenvalue weighted by Gasteiger charge is 2.57. The first-order chi connectivity index (χ1) is 13.1. The Morgan fingerprint density at radius 1 is 1.30 bits per heavy atom. The van der Waals surface area contributed by atoms with Crippen LogP contribution in [0.25, 0.3) is 11.1 Å². The van der Waals surface area contributed by atoms with Crippen LogP contribution < -0.4 is 10.5 Å². The predicted octanol–water partition coefficient (Wildman–Crippen LogP) is 2.61. The van der Waals surface area contributed by atoms with Crippen LogP contribution in [-0.2, 0) is 15.0 Å². The minimum Gasteiger partial charge on any atom is -0.489 e. The van der Waals surface area contributed by atoms with Crippen LogP contribution in [0.5, 0.6) is 5.75 Å². The molecule has 6 nitrogen and oxygen atoms in total. The molecule has 2 aromatic rings. The Morgan fingerprint density at radius 3 is 2.96 bits per heavy atom. The number of amidine groups is 1. The van der Waals surface area contributed by atoms with Gasteiger partial charge >= 0.3 is 0 Å². The topological polar surface area (TPSA) is 79.0 Å². The number of pyridine rings is 1. The summed E-state index contributed by atoms with van der Waals surface area (Å²) < 4.78 is 32.0. The van der Waals surface area contributed by atoms with Gasteiger partial charge in [0.05, 0.1) is 18.6 Å². The molecule has 0 saturated carbocycles. The van der Waals surface area contributed by atoms with Crippen LogP contribution in [0.3, 0.4) is 0 Å². The Hall–Kier alpha value is -2.67. The number of aromatic nitrogens is 1. The van der Waals surface area contributed by atoms with Gasteiger partial charge in [-0.3, -0.25) is 0 Å². The number of aliphatic imine (C=N–C) groups is 1. The molecule has 3 aliphatic rings. The van der Waals surface area contributed by atoms with E-state index in [0.29, 0.717) is 24.3 Å². The van der Waals surface area contributed by atoms with E-state index in [2.05, 4.69) is 4.98 Å². The molecule has 1 aromatic carbocycles. The molecule has 0 amide bonds. The number of hydrogen-bond donors (Lipinski definition) is 1. The molecule has 0 bridgehead atoms. The molecule has 1 fully saturated rings. The van der Waals surface area contributed by atoms with E-state index in [1.807, 2.05) is 25.1 Å². The first-order valence-electron chi connectivity index (χ1n) is 9.10. The highest BCUT2D eigenvalue weighted by Crippen LogP contribution is 2.52. The second kappa shape index (κ2) is 5.92. The molecule has 1 saturated heterocycles. The molecule has 0 unspecified atom stereocenters. The summed E-state index contributed by atoms with van der Waals surface area (Å²) >= 11 is 0. The molecule has 5 rings (SSSR count). The van der Waals surface area contributed by atoms with E-state index in [9.17, 15) is 4.39 Å². The van der Waals surface area contributed by atoms with E-state index in [-0.39, 0.29) is 24.1 Å². The van der Waals surface area contributed by atoms with E-state index >= 15 is 0 Å². The van der Waals surface area contributed by atoms with Crippen LogP contribution >= 0.6 is 0 Å². The van der Waals surface area contributed by atoms with Gasteiger partial charge in [-0.05, 0) is 36.8 Å². The molecule has 7 heteroatoms. The molecule has 4 atom stereocenters. The molecule has 0 aliphatic carbocycles. The lowest BCUT2D eigenvalue weighted by Gasteiger charge is -2.48. The molecule has 140 valence electrons. The fraction of sp³-hybridized carbons (Fsp3) is 0.400. The van der Waals surface area contributed by atoms with E-state index in [4.69, 9.17) is 24.9 Å². The smallest absolute Gasteiger partial charge is 0.283 e. The molecule has 27 heavy (non-hydrogen) atoms. The van der Waals surface area contributed by atoms with Gasteiger partial charge in [0.2, 0.25) is 5.95 Å². The first-order valence-corrected chi connectivity index (χ1v) is 9.10. The number of fused-ring (bicyclic) bond motifs is 4. The molecular weight excluding hydrogens is 349 g/mol. The van der Waals surface area contributed by atoms with Gasteiger partial charge in [0.25, 0.3) is 6.02 Å². The number of halogens is 1. The van der Waals surface area contributed by atoms with Crippen molar-refractivity contribution in [2.45, 2.75) is 31.1 Å². The summed E-state index contributed by atoms with van der Waals surface area (Å²) in [5.74, 6) is 0.190. The number of hydrogen-bond acceptors (Lipinski definition) is 6. The highest BCUT2D eigenvalue weighted by molar-refractivity contribution is 5.75. The maximum atomic E-state index is 14.2. The quantitative estimate of drug-likeness (QED) is 0.782. The molecule has 1 aromatic heterocycles. The SMILES string of the molecule is C[C@@H]1OCC[C@@H]2Oc3ccc(-c4cccnc4F)cc3[C@@]3(COC(N)=N3)[C@@H]12. The van der Waals surface area contributed by atoms with Crippen LogP contribution in [0.1, 0.15) is 18.9 Å². The average molecular weight is 369 g/mol. The van der Waals surface area contributed by atoms with Crippen LogP contribution in [-0.4, -0.2) is 36.4 Å². The lowest BCUT2D eigenvalue weighted by molar-refractivity contribution is -0.116. The number of benzene rings is 1. The van der Waals surface area contributed by atoms with Crippen molar-refractivity contribution < 1.29 is 18.6 Å². The van der Waals surface area contributed by atoms with Crippen molar-refractivity contribution in [1.82, 2.24) is 4.98 Å². The Balaban J connectivity index is 1.70. The zero-order valence-corrected chi connectivity index (χ0v) is 14.9. The summed E-state index contributed by atoms with van der Waals surface area (Å²) in [5.41, 5.74) is 7.21. The van der Waals surface area contributed by atoms with Gasteiger partial charge in [-0.2, -0.15) is 4.39 Å². The summed E-state index contributed by atoms with van der Waals surface area (Å²) in [5, 5.41) is 0. The summed E-state index contributed by atoms with van der Waals surface area (Å²) in [6, 6.07) is 9.22. The molecule has 1 spiro atoms. The van der Waals surface area contributed by atoms with Crippen LogP contribution in [0.15, 0.2) is 41.5 Å². The lowest BCUT2D eigenvalue weighted by Crippen LogP contribution is -2.56. The van der Waals surface area contributed by atoms with Gasteiger partial charge in [-0.1, -0.05) is 6.07 Å². The minimum atomic E-state index is -0.698. The van der Waals surface area contributed by atoms with Crippen molar-refractivity contribution in [3.8, 4) is 16.9 Å². The second-order valence-corrected chi connectivity index (χ2v) is 7.26. The monoisotopic (exact) mass is 369 g/mol. The molecular formula is C20H20FN3O3. The summed E-state index contributed by atoms with van der Waals surface area (Å²) in [6.07, 6.45) is 2.13. The number of rotatable bonds is 1. The highest BCUT2D eigenvalue weighted by atomic mass is 19.1. The van der Waals surface area contributed by atoms with E-state index in [0.717, 1.165) is 17.7 Å². The van der Waals surface area contributed by atoms with E-state index in [1.165, 1.54) is 6.20 Å². The Kier molecular flexibility index (Phi) is 3.62. The maximum Gasteiger partial charge on any atom is 0.283 e. The predicted molar refractivity (Wildman–Crippen MR) is 96.8 cm³/mol. The van der Waals surface area contributed by atoms with Crippen molar-refractivity contribution in [3.05, 3.63) is 48.0 Å². The third kappa shape index (κ3) is 2.41. The fourth-order valence-electron chi connectivity index (χ4n) is 4.62. The van der Waals surface area contributed by atoms with Gasteiger partial charge in [0.15, 0.2) is 0 Å². The van der Waals surface area contributed by atoms with Gasteiger partial charge in [-0.25, -0.2) is 9.98 Å². The molecule has 4 heterocycles. The van der Waals surface area contributed by atoms with Crippen molar-refractivity contribution in [2.75, 3.05) is 13.2 Å². The van der Waals surface area contributed by atoms with E-state index < -0.39 is 11.5 Å². The second-order valence-electron chi connectivity index (χ2n) is 7.26. The lowest BCUT2D eigenvalue weighted by atomic mass is 9.69. The van der Waals surface area contributed by atoms with Crippen molar-refractivity contribution in [2.24, 2.45) is 16.6 Å². The van der Waals surface area contributed by atoms with Crippen LogP contribution in [0.2, 0.25) is 0 Å². The third-order valence-corrected chi connectivity index (χ3v) is 5.79. The van der Waals surface area contributed by atoms with Gasteiger partial charge < -0.3 is 19.9 Å².